The second-order valence-corrected chi connectivity index (χ2v) is 7.89. The van der Waals surface area contributed by atoms with Crippen LogP contribution < -0.4 is 10.6 Å². The molecule has 118 valence electrons. The van der Waals surface area contributed by atoms with Gasteiger partial charge in [-0.15, -0.1) is 0 Å². The van der Waals surface area contributed by atoms with Crippen LogP contribution in [0, 0.1) is 30.1 Å². The number of nitrogens with zero attached hydrogens (tertiary/aromatic N) is 1. The summed E-state index contributed by atoms with van der Waals surface area (Å²) in [7, 11) is 0. The van der Waals surface area contributed by atoms with Crippen LogP contribution >= 0.6 is 0 Å². The summed E-state index contributed by atoms with van der Waals surface area (Å²) in [4.78, 5) is 16.4. The van der Waals surface area contributed by atoms with Crippen molar-refractivity contribution in [2.45, 2.75) is 45.4 Å². The Morgan fingerprint density at radius 1 is 1.23 bits per heavy atom. The number of aromatic nitrogens is 1. The number of hydrogen-bond donors (Lipinski definition) is 2. The molecule has 0 spiro atoms. The SMILES string of the molecule is Cc1cccnc1NC(=O)NCC12CC3CC(CC(C3)C1)C2. The first-order valence-electron chi connectivity index (χ1n) is 8.58. The summed E-state index contributed by atoms with van der Waals surface area (Å²) in [5.41, 5.74) is 1.37. The lowest BCUT2D eigenvalue weighted by Crippen LogP contribution is -2.51. The van der Waals surface area contributed by atoms with Crippen molar-refractivity contribution in [3.63, 3.8) is 0 Å². The molecular weight excluding hydrogens is 274 g/mol. The highest BCUT2D eigenvalue weighted by Gasteiger charge is 2.50. The zero-order valence-electron chi connectivity index (χ0n) is 13.3. The number of carbonyl (C=O) groups excluding carboxylic acids is 1. The van der Waals surface area contributed by atoms with Crippen LogP contribution in [0.15, 0.2) is 18.3 Å². The number of nitrogens with one attached hydrogen (secondary N) is 2. The molecule has 1 heterocycles. The van der Waals surface area contributed by atoms with Crippen molar-refractivity contribution >= 4 is 11.8 Å². The van der Waals surface area contributed by atoms with Gasteiger partial charge in [-0.1, -0.05) is 6.07 Å². The van der Waals surface area contributed by atoms with Gasteiger partial charge < -0.3 is 5.32 Å². The van der Waals surface area contributed by atoms with Gasteiger partial charge in [0.05, 0.1) is 0 Å². The standard InChI is InChI=1S/C18H25N3O/c1-12-3-2-4-19-16(12)21-17(22)20-11-18-8-13-5-14(9-18)7-15(6-13)10-18/h2-4,13-15H,5-11H2,1H3,(H2,19,20,21,22). The zero-order valence-corrected chi connectivity index (χ0v) is 13.3. The van der Waals surface area contributed by atoms with Gasteiger partial charge in [-0.2, -0.15) is 0 Å². The molecule has 0 radical (unpaired) electrons. The Kier molecular flexibility index (Phi) is 3.35. The molecule has 4 nitrogen and oxygen atoms in total. The lowest BCUT2D eigenvalue weighted by molar-refractivity contribution is -0.0496. The molecule has 0 atom stereocenters. The summed E-state index contributed by atoms with van der Waals surface area (Å²) in [6.07, 6.45) is 10.0. The molecule has 4 aliphatic rings. The fraction of sp³-hybridized carbons (Fsp3) is 0.667. The summed E-state index contributed by atoms with van der Waals surface area (Å²) in [6.45, 7) is 2.79. The van der Waals surface area contributed by atoms with Gasteiger partial charge in [0.15, 0.2) is 0 Å². The van der Waals surface area contributed by atoms with E-state index in [2.05, 4.69) is 15.6 Å². The van der Waals surface area contributed by atoms with E-state index in [1.54, 1.807) is 6.20 Å². The molecule has 2 N–H and O–H groups in total. The number of aryl methyl sites for hydroxylation is 1. The van der Waals surface area contributed by atoms with Crippen molar-refractivity contribution in [3.05, 3.63) is 23.9 Å². The molecule has 4 fully saturated rings. The fourth-order valence-electron chi connectivity index (χ4n) is 5.54. The Morgan fingerprint density at radius 3 is 2.45 bits per heavy atom. The predicted molar refractivity (Wildman–Crippen MR) is 86.6 cm³/mol. The Labute approximate surface area is 132 Å². The summed E-state index contributed by atoms with van der Waals surface area (Å²) >= 11 is 0. The molecule has 0 aliphatic heterocycles. The lowest BCUT2D eigenvalue weighted by Gasteiger charge is -2.56. The van der Waals surface area contributed by atoms with Gasteiger partial charge >= 0.3 is 6.03 Å². The maximum atomic E-state index is 12.2. The minimum Gasteiger partial charge on any atom is -0.337 e. The van der Waals surface area contributed by atoms with E-state index in [9.17, 15) is 4.79 Å². The van der Waals surface area contributed by atoms with Crippen LogP contribution in [0.4, 0.5) is 10.6 Å². The Bertz CT molecular complexity index is 548. The van der Waals surface area contributed by atoms with Gasteiger partial charge in [-0.25, -0.2) is 9.78 Å². The second-order valence-electron chi connectivity index (χ2n) is 7.89. The van der Waals surface area contributed by atoms with E-state index in [4.69, 9.17) is 0 Å². The fourth-order valence-corrected chi connectivity index (χ4v) is 5.54. The van der Waals surface area contributed by atoms with Crippen LogP contribution in [-0.2, 0) is 0 Å². The molecule has 4 heteroatoms. The molecule has 4 bridgehead atoms. The van der Waals surface area contributed by atoms with Crippen LogP contribution in [0.5, 0.6) is 0 Å². The summed E-state index contributed by atoms with van der Waals surface area (Å²) in [5, 5.41) is 6.01. The number of pyridine rings is 1. The van der Waals surface area contributed by atoms with Crippen molar-refractivity contribution in [2.75, 3.05) is 11.9 Å². The minimum atomic E-state index is -0.113. The third-order valence-electron chi connectivity index (χ3n) is 6.03. The summed E-state index contributed by atoms with van der Waals surface area (Å²) < 4.78 is 0. The van der Waals surface area contributed by atoms with Crippen molar-refractivity contribution in [2.24, 2.45) is 23.2 Å². The van der Waals surface area contributed by atoms with Crippen molar-refractivity contribution in [1.82, 2.24) is 10.3 Å². The van der Waals surface area contributed by atoms with E-state index in [1.165, 1.54) is 38.5 Å². The molecular formula is C18H25N3O. The van der Waals surface area contributed by atoms with E-state index in [-0.39, 0.29) is 6.03 Å². The highest BCUT2D eigenvalue weighted by molar-refractivity contribution is 5.88. The van der Waals surface area contributed by atoms with Crippen LogP contribution in [0.1, 0.15) is 44.1 Å². The van der Waals surface area contributed by atoms with E-state index in [1.807, 2.05) is 19.1 Å². The average molecular weight is 299 g/mol. The largest absolute Gasteiger partial charge is 0.337 e. The number of carbonyl (C=O) groups is 1. The average Bonchev–Trinajstić information content (AvgIpc) is 2.46. The molecule has 22 heavy (non-hydrogen) atoms. The van der Waals surface area contributed by atoms with Crippen molar-refractivity contribution in [3.8, 4) is 0 Å². The van der Waals surface area contributed by atoms with Gasteiger partial charge in [-0.05, 0) is 80.2 Å². The Morgan fingerprint density at radius 2 is 1.86 bits per heavy atom. The monoisotopic (exact) mass is 299 g/mol. The summed E-state index contributed by atoms with van der Waals surface area (Å²) in [6, 6.07) is 3.73. The van der Waals surface area contributed by atoms with Gasteiger partial charge in [0, 0.05) is 12.7 Å². The highest BCUT2D eigenvalue weighted by Crippen LogP contribution is 2.59. The van der Waals surface area contributed by atoms with Crippen LogP contribution in [0.25, 0.3) is 0 Å². The molecule has 5 rings (SSSR count). The maximum absolute atomic E-state index is 12.2. The Balaban J connectivity index is 1.37. The Hall–Kier alpha value is -1.58. The zero-order chi connectivity index (χ0) is 15.2. The molecule has 1 aromatic heterocycles. The van der Waals surface area contributed by atoms with E-state index >= 15 is 0 Å². The van der Waals surface area contributed by atoms with Gasteiger partial charge in [0.25, 0.3) is 0 Å². The van der Waals surface area contributed by atoms with Gasteiger partial charge in [0.1, 0.15) is 5.82 Å². The number of urea groups is 1. The molecule has 4 aliphatic carbocycles. The van der Waals surface area contributed by atoms with Crippen molar-refractivity contribution < 1.29 is 4.79 Å². The van der Waals surface area contributed by atoms with Gasteiger partial charge in [-0.3, -0.25) is 5.32 Å². The first-order valence-corrected chi connectivity index (χ1v) is 8.58. The van der Waals surface area contributed by atoms with E-state index < -0.39 is 0 Å². The van der Waals surface area contributed by atoms with Crippen LogP contribution in [0.3, 0.4) is 0 Å². The lowest BCUT2D eigenvalue weighted by atomic mass is 9.49. The van der Waals surface area contributed by atoms with Crippen LogP contribution in [-0.4, -0.2) is 17.6 Å². The summed E-state index contributed by atoms with van der Waals surface area (Å²) in [5.74, 6) is 3.43. The predicted octanol–water partition coefficient (Wildman–Crippen LogP) is 3.73. The highest BCUT2D eigenvalue weighted by atomic mass is 16.2. The first-order chi connectivity index (χ1) is 10.6. The molecule has 4 saturated carbocycles. The van der Waals surface area contributed by atoms with Crippen LogP contribution in [0.2, 0.25) is 0 Å². The quantitative estimate of drug-likeness (QED) is 0.893. The third kappa shape index (κ3) is 2.59. The molecule has 0 saturated heterocycles. The first kappa shape index (κ1) is 14.0. The molecule has 2 amide bonds. The van der Waals surface area contributed by atoms with Gasteiger partial charge in [0.2, 0.25) is 0 Å². The molecule has 1 aromatic rings. The minimum absolute atomic E-state index is 0.113. The molecule has 0 unspecified atom stereocenters. The van der Waals surface area contributed by atoms with Crippen molar-refractivity contribution in [1.29, 1.82) is 0 Å². The maximum Gasteiger partial charge on any atom is 0.320 e. The number of amides is 2. The number of rotatable bonds is 3. The molecule has 0 aromatic carbocycles. The number of anilines is 1. The number of hydrogen-bond acceptors (Lipinski definition) is 2. The third-order valence-corrected chi connectivity index (χ3v) is 6.03. The smallest absolute Gasteiger partial charge is 0.320 e. The van der Waals surface area contributed by atoms with E-state index in [0.717, 1.165) is 29.9 Å². The second kappa shape index (κ2) is 5.25. The normalized spacial score (nSPS) is 35.4. The van der Waals surface area contributed by atoms with E-state index in [0.29, 0.717) is 11.2 Å². The topological polar surface area (TPSA) is 54.0 Å².